The average molecular weight is 219 g/mol. The molecule has 1 heterocycles. The predicted octanol–water partition coefficient (Wildman–Crippen LogP) is 1.74. The van der Waals surface area contributed by atoms with Gasteiger partial charge in [0.15, 0.2) is 0 Å². The van der Waals surface area contributed by atoms with Gasteiger partial charge >= 0.3 is 5.97 Å². The molecule has 3 nitrogen and oxygen atoms in total. The zero-order chi connectivity index (χ0) is 11.5. The number of ether oxygens (including phenoxy) is 1. The van der Waals surface area contributed by atoms with Crippen LogP contribution in [0.2, 0.25) is 0 Å². The van der Waals surface area contributed by atoms with Gasteiger partial charge in [-0.2, -0.15) is 0 Å². The topological polar surface area (TPSA) is 29.3 Å². The minimum Gasteiger partial charge on any atom is -0.465 e. The lowest BCUT2D eigenvalue weighted by molar-refractivity contribution is -0.143. The van der Waals surface area contributed by atoms with Crippen molar-refractivity contribution in [3.63, 3.8) is 0 Å². The van der Waals surface area contributed by atoms with Gasteiger partial charge in [0, 0.05) is 13.1 Å². The normalized spacial score (nSPS) is 22.9. The van der Waals surface area contributed by atoms with Gasteiger partial charge in [-0.05, 0) is 19.4 Å². The number of hydrogen-bond acceptors (Lipinski definition) is 3. The van der Waals surface area contributed by atoms with Crippen molar-refractivity contribution in [1.82, 2.24) is 4.90 Å². The van der Waals surface area contributed by atoms with E-state index in [1.807, 2.05) is 6.92 Å². The van der Waals surface area contributed by atoms with Gasteiger partial charge in [0.1, 0.15) is 6.04 Å². The highest BCUT2D eigenvalue weighted by molar-refractivity contribution is 5.79. The van der Waals surface area contributed by atoms with Crippen molar-refractivity contribution in [3.05, 3.63) is 35.4 Å². The highest BCUT2D eigenvalue weighted by Gasteiger charge is 2.41. The third kappa shape index (κ3) is 2.61. The molecule has 0 aliphatic carbocycles. The van der Waals surface area contributed by atoms with Crippen LogP contribution in [0.4, 0.5) is 0 Å². The van der Waals surface area contributed by atoms with Gasteiger partial charge in [-0.15, -0.1) is 0 Å². The highest BCUT2D eigenvalue weighted by atomic mass is 16.5. The van der Waals surface area contributed by atoms with Gasteiger partial charge in [-0.25, -0.2) is 0 Å². The number of hydrogen-bond donors (Lipinski definition) is 0. The van der Waals surface area contributed by atoms with E-state index in [1.165, 1.54) is 11.1 Å². The van der Waals surface area contributed by atoms with Crippen LogP contribution in [0.3, 0.4) is 0 Å². The molecule has 1 fully saturated rings. The molecular weight excluding hydrogens is 202 g/mol. The molecule has 0 bridgehead atoms. The molecule has 2 atom stereocenters. The van der Waals surface area contributed by atoms with E-state index in [2.05, 4.69) is 36.1 Å². The number of carbonyl (C=O) groups excluding carboxylic acids is 1. The SMILES string of the molecule is CCOC(=O)C1CN1Cc1ccc(C)cc1. The van der Waals surface area contributed by atoms with Crippen LogP contribution in [0, 0.1) is 6.92 Å². The molecular formula is C13H17NO2. The summed E-state index contributed by atoms with van der Waals surface area (Å²) in [6.07, 6.45) is 0. The van der Waals surface area contributed by atoms with Crippen molar-refractivity contribution in [2.45, 2.75) is 26.4 Å². The molecule has 0 amide bonds. The number of carbonyl (C=O) groups is 1. The molecule has 1 saturated heterocycles. The maximum Gasteiger partial charge on any atom is 0.324 e. The Kier molecular flexibility index (Phi) is 3.25. The first-order valence-corrected chi connectivity index (χ1v) is 5.67. The van der Waals surface area contributed by atoms with Crippen molar-refractivity contribution in [3.8, 4) is 0 Å². The second kappa shape index (κ2) is 4.66. The first kappa shape index (κ1) is 11.1. The molecule has 0 aromatic heterocycles. The maximum atomic E-state index is 11.4. The zero-order valence-electron chi connectivity index (χ0n) is 9.77. The Morgan fingerprint density at radius 2 is 2.12 bits per heavy atom. The maximum absolute atomic E-state index is 11.4. The lowest BCUT2D eigenvalue weighted by atomic mass is 10.1. The van der Waals surface area contributed by atoms with Crippen molar-refractivity contribution < 1.29 is 9.53 Å². The van der Waals surface area contributed by atoms with Gasteiger partial charge in [0.2, 0.25) is 0 Å². The molecule has 1 aromatic rings. The van der Waals surface area contributed by atoms with E-state index in [1.54, 1.807) is 0 Å². The number of nitrogens with zero attached hydrogens (tertiary/aromatic N) is 1. The summed E-state index contributed by atoms with van der Waals surface area (Å²) >= 11 is 0. The third-order valence-corrected chi connectivity index (χ3v) is 2.78. The van der Waals surface area contributed by atoms with E-state index in [4.69, 9.17) is 4.74 Å². The molecule has 2 unspecified atom stereocenters. The van der Waals surface area contributed by atoms with Gasteiger partial charge in [0.25, 0.3) is 0 Å². The summed E-state index contributed by atoms with van der Waals surface area (Å²) in [6.45, 7) is 6.04. The van der Waals surface area contributed by atoms with Crippen LogP contribution in [0.1, 0.15) is 18.1 Å². The van der Waals surface area contributed by atoms with Crippen LogP contribution in [-0.2, 0) is 16.1 Å². The molecule has 3 heteroatoms. The molecule has 2 rings (SSSR count). The number of aryl methyl sites for hydroxylation is 1. The zero-order valence-corrected chi connectivity index (χ0v) is 9.77. The molecule has 16 heavy (non-hydrogen) atoms. The Bertz CT molecular complexity index is 372. The van der Waals surface area contributed by atoms with Crippen LogP contribution in [0.15, 0.2) is 24.3 Å². The fourth-order valence-electron chi connectivity index (χ4n) is 1.74. The van der Waals surface area contributed by atoms with Crippen LogP contribution in [0.5, 0.6) is 0 Å². The van der Waals surface area contributed by atoms with Crippen LogP contribution < -0.4 is 0 Å². The Morgan fingerprint density at radius 3 is 2.75 bits per heavy atom. The Labute approximate surface area is 96.0 Å². The molecule has 1 aromatic carbocycles. The molecule has 0 radical (unpaired) electrons. The molecule has 0 saturated carbocycles. The van der Waals surface area contributed by atoms with Crippen LogP contribution in [0.25, 0.3) is 0 Å². The quantitative estimate of drug-likeness (QED) is 0.570. The predicted molar refractivity (Wildman–Crippen MR) is 62.0 cm³/mol. The van der Waals surface area contributed by atoms with E-state index in [0.717, 1.165) is 13.1 Å². The monoisotopic (exact) mass is 219 g/mol. The fraction of sp³-hybridized carbons (Fsp3) is 0.462. The largest absolute Gasteiger partial charge is 0.465 e. The van der Waals surface area contributed by atoms with Crippen molar-refractivity contribution >= 4 is 5.97 Å². The fourth-order valence-corrected chi connectivity index (χ4v) is 1.74. The minimum absolute atomic E-state index is 0.0127. The van der Waals surface area contributed by atoms with Crippen LogP contribution in [-0.4, -0.2) is 30.1 Å². The molecule has 0 N–H and O–H groups in total. The number of rotatable bonds is 4. The smallest absolute Gasteiger partial charge is 0.324 e. The summed E-state index contributed by atoms with van der Waals surface area (Å²) in [7, 11) is 0. The lowest BCUT2D eigenvalue weighted by Crippen LogP contribution is -2.16. The second-order valence-electron chi connectivity index (χ2n) is 4.18. The molecule has 86 valence electrons. The highest BCUT2D eigenvalue weighted by Crippen LogP contribution is 2.22. The van der Waals surface area contributed by atoms with Crippen LogP contribution >= 0.6 is 0 Å². The summed E-state index contributed by atoms with van der Waals surface area (Å²) < 4.78 is 4.97. The average Bonchev–Trinajstić information content (AvgIpc) is 3.01. The minimum atomic E-state index is -0.0883. The summed E-state index contributed by atoms with van der Waals surface area (Å²) in [5, 5.41) is 0. The van der Waals surface area contributed by atoms with E-state index in [0.29, 0.717) is 6.61 Å². The van der Waals surface area contributed by atoms with Crippen molar-refractivity contribution in [2.75, 3.05) is 13.2 Å². The van der Waals surface area contributed by atoms with Gasteiger partial charge < -0.3 is 4.74 Å². The van der Waals surface area contributed by atoms with Gasteiger partial charge in [0.05, 0.1) is 6.61 Å². The Hall–Kier alpha value is -1.35. The van der Waals surface area contributed by atoms with E-state index >= 15 is 0 Å². The van der Waals surface area contributed by atoms with Gasteiger partial charge in [-0.3, -0.25) is 9.69 Å². The van der Waals surface area contributed by atoms with Gasteiger partial charge in [-0.1, -0.05) is 29.8 Å². The summed E-state index contributed by atoms with van der Waals surface area (Å²) in [6, 6.07) is 8.39. The number of esters is 1. The molecule has 0 spiro atoms. The Morgan fingerprint density at radius 1 is 1.44 bits per heavy atom. The van der Waals surface area contributed by atoms with E-state index < -0.39 is 0 Å². The summed E-state index contributed by atoms with van der Waals surface area (Å²) in [4.78, 5) is 13.5. The second-order valence-corrected chi connectivity index (χ2v) is 4.18. The van der Waals surface area contributed by atoms with E-state index in [9.17, 15) is 4.79 Å². The molecule has 1 aliphatic rings. The lowest BCUT2D eigenvalue weighted by Gasteiger charge is -2.04. The summed E-state index contributed by atoms with van der Waals surface area (Å²) in [5.41, 5.74) is 2.51. The first-order chi connectivity index (χ1) is 7.70. The Balaban J connectivity index is 1.85. The first-order valence-electron chi connectivity index (χ1n) is 5.67. The third-order valence-electron chi connectivity index (χ3n) is 2.78. The van der Waals surface area contributed by atoms with Crippen molar-refractivity contribution in [1.29, 1.82) is 0 Å². The molecule has 1 aliphatic heterocycles. The van der Waals surface area contributed by atoms with E-state index in [-0.39, 0.29) is 12.0 Å². The summed E-state index contributed by atoms with van der Waals surface area (Å²) in [5.74, 6) is -0.0883. The number of benzene rings is 1. The van der Waals surface area contributed by atoms with Crippen molar-refractivity contribution in [2.24, 2.45) is 0 Å². The standard InChI is InChI=1S/C13H17NO2/c1-3-16-13(15)12-9-14(12)8-11-6-4-10(2)5-7-11/h4-7,12H,3,8-9H2,1-2H3.